The number of hydrogen-bond acceptors (Lipinski definition) is 5. The van der Waals surface area contributed by atoms with Gasteiger partial charge in [-0.3, -0.25) is 14.7 Å². The number of benzene rings is 1. The van der Waals surface area contributed by atoms with Crippen LogP contribution in [0.4, 0.5) is 5.82 Å². The van der Waals surface area contributed by atoms with Gasteiger partial charge in [-0.15, -0.1) is 11.8 Å². The summed E-state index contributed by atoms with van der Waals surface area (Å²) < 4.78 is 1.92. The summed E-state index contributed by atoms with van der Waals surface area (Å²) in [5.74, 6) is 2.00. The maximum Gasteiger partial charge on any atom is 0.129 e. The number of rotatable bonds is 3. The second-order valence-electron chi connectivity index (χ2n) is 7.42. The van der Waals surface area contributed by atoms with Crippen molar-refractivity contribution in [2.24, 2.45) is 12.0 Å². The quantitative estimate of drug-likeness (QED) is 0.555. The Labute approximate surface area is 191 Å². The Kier molecular flexibility index (Phi) is 5.66. The van der Waals surface area contributed by atoms with Gasteiger partial charge in [0.25, 0.3) is 0 Å². The predicted octanol–water partition coefficient (Wildman–Crippen LogP) is 5.76. The van der Waals surface area contributed by atoms with E-state index in [0.29, 0.717) is 0 Å². The van der Waals surface area contributed by atoms with Crippen molar-refractivity contribution in [2.45, 2.75) is 11.7 Å². The number of aryl methyl sites for hydroxylation is 1. The molecule has 0 saturated carbocycles. The zero-order valence-corrected chi connectivity index (χ0v) is 18.7. The summed E-state index contributed by atoms with van der Waals surface area (Å²) in [6, 6.07) is 12.2. The van der Waals surface area contributed by atoms with E-state index < -0.39 is 0 Å². The Bertz CT molecular complexity index is 1200. The molecule has 2 aromatic heterocycles. The predicted molar refractivity (Wildman–Crippen MR) is 131 cm³/mol. The fourth-order valence-corrected chi connectivity index (χ4v) is 5.53. The largest absolute Gasteiger partial charge is 0.369 e. The second-order valence-corrected chi connectivity index (χ2v) is 9.04. The van der Waals surface area contributed by atoms with Gasteiger partial charge in [-0.1, -0.05) is 42.0 Å². The number of thioether (sulfide) groups is 1. The summed E-state index contributed by atoms with van der Waals surface area (Å²) >= 11 is 8.76. The highest BCUT2D eigenvalue weighted by Gasteiger charge is 2.30. The molecule has 0 aliphatic carbocycles. The van der Waals surface area contributed by atoms with Gasteiger partial charge in [0.1, 0.15) is 11.5 Å². The number of anilines is 1. The molecule has 31 heavy (non-hydrogen) atoms. The Morgan fingerprint density at radius 1 is 1.23 bits per heavy atom. The molecular weight excluding hydrogens is 426 g/mol. The average molecular weight is 448 g/mol. The SMILES string of the molecule is Cn1nc(-c2ccccn2)c2c1NCCSC2c1ccc(C2=CN=CCC=C2)cc1Cl. The fraction of sp³-hybridized carbons (Fsp3) is 0.208. The lowest BCUT2D eigenvalue weighted by molar-refractivity contribution is 0.773. The molecule has 3 aromatic rings. The molecule has 0 amide bonds. The monoisotopic (exact) mass is 447 g/mol. The summed E-state index contributed by atoms with van der Waals surface area (Å²) in [6.07, 6.45) is 10.6. The molecule has 0 radical (unpaired) electrons. The molecule has 0 bridgehead atoms. The van der Waals surface area contributed by atoms with Crippen LogP contribution >= 0.6 is 23.4 Å². The first kappa shape index (κ1) is 20.1. The van der Waals surface area contributed by atoms with E-state index in [4.69, 9.17) is 16.7 Å². The molecule has 1 atom stereocenters. The second kappa shape index (κ2) is 8.73. The molecule has 2 aliphatic rings. The summed E-state index contributed by atoms with van der Waals surface area (Å²) in [5, 5.41) is 9.17. The lowest BCUT2D eigenvalue weighted by Crippen LogP contribution is -2.06. The molecule has 5 rings (SSSR count). The van der Waals surface area contributed by atoms with Gasteiger partial charge in [-0.2, -0.15) is 5.10 Å². The number of nitrogens with one attached hydrogen (secondary N) is 1. The minimum atomic E-state index is 0.0638. The van der Waals surface area contributed by atoms with Crippen LogP contribution in [-0.2, 0) is 7.05 Å². The highest BCUT2D eigenvalue weighted by atomic mass is 35.5. The summed E-state index contributed by atoms with van der Waals surface area (Å²) in [5.41, 5.74) is 6.12. The van der Waals surface area contributed by atoms with Crippen LogP contribution in [0.3, 0.4) is 0 Å². The smallest absolute Gasteiger partial charge is 0.129 e. The molecule has 1 N–H and O–H groups in total. The number of pyridine rings is 1. The average Bonchev–Trinajstić information content (AvgIpc) is 3.01. The van der Waals surface area contributed by atoms with Crippen LogP contribution in [-0.4, -0.2) is 33.3 Å². The van der Waals surface area contributed by atoms with Gasteiger partial charge < -0.3 is 5.32 Å². The van der Waals surface area contributed by atoms with Crippen molar-refractivity contribution in [2.75, 3.05) is 17.6 Å². The van der Waals surface area contributed by atoms with Gasteiger partial charge in [-0.05, 0) is 34.9 Å². The van der Waals surface area contributed by atoms with Crippen LogP contribution in [0.25, 0.3) is 17.0 Å². The summed E-state index contributed by atoms with van der Waals surface area (Å²) in [4.78, 5) is 8.90. The van der Waals surface area contributed by atoms with E-state index >= 15 is 0 Å². The minimum absolute atomic E-state index is 0.0638. The minimum Gasteiger partial charge on any atom is -0.369 e. The summed E-state index contributed by atoms with van der Waals surface area (Å²) in [6.45, 7) is 0.876. The van der Waals surface area contributed by atoms with E-state index in [1.54, 1.807) is 6.20 Å². The van der Waals surface area contributed by atoms with E-state index in [1.807, 2.05) is 60.2 Å². The Balaban J connectivity index is 1.61. The van der Waals surface area contributed by atoms with Crippen molar-refractivity contribution in [1.29, 1.82) is 0 Å². The van der Waals surface area contributed by atoms with Gasteiger partial charge in [0.2, 0.25) is 0 Å². The molecular formula is C24H22ClN5S. The number of nitrogens with zero attached hydrogens (tertiary/aromatic N) is 4. The zero-order valence-electron chi connectivity index (χ0n) is 17.1. The molecule has 1 unspecified atom stereocenters. The van der Waals surface area contributed by atoms with Gasteiger partial charge >= 0.3 is 0 Å². The van der Waals surface area contributed by atoms with E-state index in [2.05, 4.69) is 39.6 Å². The lowest BCUT2D eigenvalue weighted by Gasteiger charge is -2.18. The Morgan fingerprint density at radius 3 is 3.00 bits per heavy atom. The topological polar surface area (TPSA) is 55.1 Å². The number of hydrogen-bond donors (Lipinski definition) is 1. The van der Waals surface area contributed by atoms with Crippen LogP contribution in [0.5, 0.6) is 0 Å². The highest BCUT2D eigenvalue weighted by molar-refractivity contribution is 7.99. The van der Waals surface area contributed by atoms with Crippen molar-refractivity contribution >= 4 is 41.0 Å². The first-order chi connectivity index (χ1) is 15.2. The first-order valence-electron chi connectivity index (χ1n) is 10.2. The van der Waals surface area contributed by atoms with Crippen molar-refractivity contribution in [3.63, 3.8) is 0 Å². The number of halogens is 1. The van der Waals surface area contributed by atoms with Crippen molar-refractivity contribution in [1.82, 2.24) is 14.8 Å². The molecule has 1 aromatic carbocycles. The van der Waals surface area contributed by atoms with Crippen LogP contribution < -0.4 is 5.32 Å². The van der Waals surface area contributed by atoms with E-state index in [1.165, 1.54) is 0 Å². The van der Waals surface area contributed by atoms with Gasteiger partial charge in [0.05, 0.1) is 10.9 Å². The van der Waals surface area contributed by atoms with Crippen molar-refractivity contribution < 1.29 is 0 Å². The highest BCUT2D eigenvalue weighted by Crippen LogP contribution is 2.47. The normalized spacial score (nSPS) is 18.0. The van der Waals surface area contributed by atoms with Gasteiger partial charge in [0.15, 0.2) is 0 Å². The molecule has 7 heteroatoms. The van der Waals surface area contributed by atoms with Crippen LogP contribution in [0, 0.1) is 0 Å². The maximum absolute atomic E-state index is 6.88. The molecule has 5 nitrogen and oxygen atoms in total. The number of allylic oxidation sites excluding steroid dienone is 3. The molecule has 0 fully saturated rings. The third-order valence-corrected chi connectivity index (χ3v) is 7.00. The number of fused-ring (bicyclic) bond motifs is 1. The van der Waals surface area contributed by atoms with Crippen LogP contribution in [0.1, 0.15) is 28.4 Å². The molecule has 156 valence electrons. The third kappa shape index (κ3) is 3.93. The first-order valence-corrected chi connectivity index (χ1v) is 11.7. The lowest BCUT2D eigenvalue weighted by atomic mass is 9.98. The third-order valence-electron chi connectivity index (χ3n) is 5.41. The van der Waals surface area contributed by atoms with Crippen LogP contribution in [0.15, 0.2) is 65.9 Å². The summed E-state index contributed by atoms with van der Waals surface area (Å²) in [7, 11) is 1.97. The standard InChI is InChI=1S/C24H22ClN5S/c1-30-24-21(22(29-30)20-7-3-5-11-27-20)23(31-13-12-28-24)18-9-8-16(14-19(18)25)17-6-2-4-10-26-15-17/h2-3,5-11,14-15,23,28H,4,12-13H2,1H3. The molecule has 0 saturated heterocycles. The van der Waals surface area contributed by atoms with Crippen LogP contribution in [0.2, 0.25) is 5.02 Å². The molecule has 4 heterocycles. The van der Waals surface area contributed by atoms with E-state index in [9.17, 15) is 0 Å². The molecule has 0 spiro atoms. The number of aromatic nitrogens is 3. The Hall–Kier alpha value is -2.83. The zero-order chi connectivity index (χ0) is 21.2. The number of aliphatic imine (C=N–C) groups is 1. The Morgan fingerprint density at radius 2 is 2.16 bits per heavy atom. The van der Waals surface area contributed by atoms with Crippen molar-refractivity contribution in [3.05, 3.63) is 82.7 Å². The van der Waals surface area contributed by atoms with Gasteiger partial charge in [0, 0.05) is 55.0 Å². The van der Waals surface area contributed by atoms with Gasteiger partial charge in [-0.25, -0.2) is 0 Å². The fourth-order valence-electron chi connectivity index (χ4n) is 3.95. The van der Waals surface area contributed by atoms with E-state index in [0.717, 1.165) is 63.2 Å². The van der Waals surface area contributed by atoms with E-state index in [-0.39, 0.29) is 5.25 Å². The molecule has 2 aliphatic heterocycles. The van der Waals surface area contributed by atoms with Crippen molar-refractivity contribution in [3.8, 4) is 11.4 Å². The maximum atomic E-state index is 6.88.